The van der Waals surface area contributed by atoms with Gasteiger partial charge in [-0.15, -0.1) is 0 Å². The predicted octanol–water partition coefficient (Wildman–Crippen LogP) is 2.08. The first-order valence-electron chi connectivity index (χ1n) is 6.27. The van der Waals surface area contributed by atoms with Crippen molar-refractivity contribution in [1.82, 2.24) is 4.90 Å². The van der Waals surface area contributed by atoms with E-state index in [9.17, 15) is 4.79 Å². The number of hydrogen-bond donors (Lipinski definition) is 0. The third-order valence-electron chi connectivity index (χ3n) is 3.95. The highest BCUT2D eigenvalue weighted by molar-refractivity contribution is 5.94. The van der Waals surface area contributed by atoms with Crippen LogP contribution in [0.3, 0.4) is 0 Å². The van der Waals surface area contributed by atoms with Crippen LogP contribution in [0.1, 0.15) is 29.6 Å². The molecule has 1 aromatic carbocycles. The molecule has 0 N–H and O–H groups in total. The molecule has 2 aliphatic rings. The summed E-state index contributed by atoms with van der Waals surface area (Å²) < 4.78 is 5.65. The summed E-state index contributed by atoms with van der Waals surface area (Å²) in [6.45, 7) is 2.55. The maximum atomic E-state index is 12.2. The second kappa shape index (κ2) is 4.15. The summed E-state index contributed by atoms with van der Waals surface area (Å²) in [4.78, 5) is 14.1. The molecule has 2 saturated heterocycles. The lowest BCUT2D eigenvalue weighted by Gasteiger charge is -2.47. The van der Waals surface area contributed by atoms with Crippen molar-refractivity contribution in [1.29, 1.82) is 0 Å². The van der Waals surface area contributed by atoms with E-state index in [1.807, 2.05) is 35.2 Å². The fraction of sp³-hybridized carbons (Fsp3) is 0.500. The molecular weight excluding hydrogens is 214 g/mol. The molecule has 0 atom stereocenters. The van der Waals surface area contributed by atoms with Crippen LogP contribution in [0, 0.1) is 0 Å². The van der Waals surface area contributed by atoms with Crippen LogP contribution in [0.5, 0.6) is 0 Å². The third kappa shape index (κ3) is 1.95. The van der Waals surface area contributed by atoms with Gasteiger partial charge in [-0.2, -0.15) is 0 Å². The SMILES string of the molecule is O=C(c1ccccc1)N1CCC2(CCO2)CC1. The van der Waals surface area contributed by atoms with E-state index in [2.05, 4.69) is 0 Å². The number of nitrogens with zero attached hydrogens (tertiary/aromatic N) is 1. The van der Waals surface area contributed by atoms with E-state index in [1.54, 1.807) is 0 Å². The van der Waals surface area contributed by atoms with Crippen molar-refractivity contribution in [2.24, 2.45) is 0 Å². The summed E-state index contributed by atoms with van der Waals surface area (Å²) >= 11 is 0. The van der Waals surface area contributed by atoms with Gasteiger partial charge in [-0.25, -0.2) is 0 Å². The Morgan fingerprint density at radius 3 is 2.29 bits per heavy atom. The lowest BCUT2D eigenvalue weighted by molar-refractivity contribution is -0.169. The largest absolute Gasteiger partial charge is 0.375 e. The molecule has 0 aliphatic carbocycles. The molecule has 2 heterocycles. The standard InChI is InChI=1S/C14H17NO2/c16-13(12-4-2-1-3-5-12)15-9-6-14(7-10-15)8-11-17-14/h1-5H,6-11H2. The number of amides is 1. The van der Waals surface area contributed by atoms with Gasteiger partial charge in [0, 0.05) is 18.7 Å². The zero-order chi connectivity index (χ0) is 11.7. The first-order valence-corrected chi connectivity index (χ1v) is 6.27. The monoisotopic (exact) mass is 231 g/mol. The fourth-order valence-electron chi connectivity index (χ4n) is 2.67. The summed E-state index contributed by atoms with van der Waals surface area (Å²) in [6, 6.07) is 9.52. The minimum absolute atomic E-state index is 0.119. The minimum Gasteiger partial charge on any atom is -0.375 e. The number of likely N-dealkylation sites (tertiary alicyclic amines) is 1. The first-order chi connectivity index (χ1) is 8.29. The molecule has 0 radical (unpaired) electrons. The van der Waals surface area contributed by atoms with Crippen molar-refractivity contribution >= 4 is 5.91 Å². The molecule has 0 bridgehead atoms. The molecule has 3 rings (SSSR count). The predicted molar refractivity (Wildman–Crippen MR) is 64.9 cm³/mol. The summed E-state index contributed by atoms with van der Waals surface area (Å²) in [5.41, 5.74) is 0.908. The lowest BCUT2D eigenvalue weighted by Crippen LogP contribution is -2.53. The van der Waals surface area contributed by atoms with Crippen molar-refractivity contribution < 1.29 is 9.53 Å². The Labute approximate surface area is 101 Å². The van der Waals surface area contributed by atoms with Gasteiger partial charge in [0.2, 0.25) is 0 Å². The fourth-order valence-corrected chi connectivity index (χ4v) is 2.67. The second-order valence-electron chi connectivity index (χ2n) is 4.94. The molecule has 0 saturated carbocycles. The molecule has 90 valence electrons. The maximum Gasteiger partial charge on any atom is 0.253 e. The van der Waals surface area contributed by atoms with Crippen LogP contribution in [0.4, 0.5) is 0 Å². The molecule has 1 aromatic rings. The average Bonchev–Trinajstić information content (AvgIpc) is 2.37. The number of benzene rings is 1. The molecule has 1 amide bonds. The molecule has 3 heteroatoms. The van der Waals surface area contributed by atoms with E-state index in [1.165, 1.54) is 6.42 Å². The van der Waals surface area contributed by atoms with Gasteiger partial charge in [0.15, 0.2) is 0 Å². The van der Waals surface area contributed by atoms with E-state index in [4.69, 9.17) is 4.74 Å². The van der Waals surface area contributed by atoms with Crippen molar-refractivity contribution in [3.8, 4) is 0 Å². The molecule has 2 fully saturated rings. The van der Waals surface area contributed by atoms with Crippen LogP contribution in [0.15, 0.2) is 30.3 Å². The number of piperidine rings is 1. The Hall–Kier alpha value is -1.35. The molecule has 0 unspecified atom stereocenters. The Morgan fingerprint density at radius 1 is 1.12 bits per heavy atom. The summed E-state index contributed by atoms with van der Waals surface area (Å²) in [5, 5.41) is 0. The summed E-state index contributed by atoms with van der Waals surface area (Å²) in [5.74, 6) is 0.153. The molecule has 0 aromatic heterocycles. The highest BCUT2D eigenvalue weighted by atomic mass is 16.5. The van der Waals surface area contributed by atoms with Crippen molar-refractivity contribution in [2.75, 3.05) is 19.7 Å². The minimum atomic E-state index is 0.119. The summed E-state index contributed by atoms with van der Waals surface area (Å²) in [7, 11) is 0. The Kier molecular flexibility index (Phi) is 2.63. The van der Waals surface area contributed by atoms with Crippen LogP contribution in [0.25, 0.3) is 0 Å². The van der Waals surface area contributed by atoms with Crippen molar-refractivity contribution in [2.45, 2.75) is 24.9 Å². The summed E-state index contributed by atoms with van der Waals surface area (Å²) in [6.07, 6.45) is 3.15. The lowest BCUT2D eigenvalue weighted by atomic mass is 9.84. The maximum absolute atomic E-state index is 12.2. The van der Waals surface area contributed by atoms with Gasteiger partial charge in [0.25, 0.3) is 5.91 Å². The van der Waals surface area contributed by atoms with E-state index in [0.717, 1.165) is 38.1 Å². The molecular formula is C14H17NO2. The Balaban J connectivity index is 1.65. The van der Waals surface area contributed by atoms with E-state index < -0.39 is 0 Å². The van der Waals surface area contributed by atoms with E-state index >= 15 is 0 Å². The number of rotatable bonds is 1. The van der Waals surface area contributed by atoms with Gasteiger partial charge in [0.05, 0.1) is 12.2 Å². The topological polar surface area (TPSA) is 29.5 Å². The van der Waals surface area contributed by atoms with Gasteiger partial charge in [0.1, 0.15) is 0 Å². The van der Waals surface area contributed by atoms with Gasteiger partial charge in [-0.3, -0.25) is 4.79 Å². The Bertz CT molecular complexity index is 401. The van der Waals surface area contributed by atoms with Crippen LogP contribution >= 0.6 is 0 Å². The Morgan fingerprint density at radius 2 is 1.76 bits per heavy atom. The van der Waals surface area contributed by atoms with Crippen LogP contribution in [0.2, 0.25) is 0 Å². The third-order valence-corrected chi connectivity index (χ3v) is 3.95. The highest BCUT2D eigenvalue weighted by Crippen LogP contribution is 2.36. The smallest absolute Gasteiger partial charge is 0.253 e. The normalized spacial score (nSPS) is 22.2. The average molecular weight is 231 g/mol. The van der Waals surface area contributed by atoms with Gasteiger partial charge in [-0.05, 0) is 31.4 Å². The van der Waals surface area contributed by atoms with E-state index in [0.29, 0.717) is 0 Å². The number of hydrogen-bond acceptors (Lipinski definition) is 2. The quantitative estimate of drug-likeness (QED) is 0.740. The zero-order valence-corrected chi connectivity index (χ0v) is 9.89. The molecule has 17 heavy (non-hydrogen) atoms. The van der Waals surface area contributed by atoms with Crippen molar-refractivity contribution in [3.05, 3.63) is 35.9 Å². The highest BCUT2D eigenvalue weighted by Gasteiger charge is 2.41. The van der Waals surface area contributed by atoms with Gasteiger partial charge < -0.3 is 9.64 Å². The number of carbonyl (C=O) groups is 1. The number of ether oxygens (including phenoxy) is 1. The van der Waals surface area contributed by atoms with Gasteiger partial charge in [-0.1, -0.05) is 18.2 Å². The number of carbonyl (C=O) groups excluding carboxylic acids is 1. The second-order valence-corrected chi connectivity index (χ2v) is 4.94. The zero-order valence-electron chi connectivity index (χ0n) is 9.89. The van der Waals surface area contributed by atoms with Crippen LogP contribution in [-0.4, -0.2) is 36.1 Å². The van der Waals surface area contributed by atoms with Crippen LogP contribution < -0.4 is 0 Å². The van der Waals surface area contributed by atoms with Crippen molar-refractivity contribution in [3.63, 3.8) is 0 Å². The first kappa shape index (κ1) is 10.8. The molecule has 2 aliphatic heterocycles. The van der Waals surface area contributed by atoms with Crippen LogP contribution in [-0.2, 0) is 4.74 Å². The van der Waals surface area contributed by atoms with Gasteiger partial charge >= 0.3 is 0 Å². The van der Waals surface area contributed by atoms with E-state index in [-0.39, 0.29) is 11.5 Å². The molecule has 1 spiro atoms. The molecule has 3 nitrogen and oxygen atoms in total.